The Kier molecular flexibility index (Phi) is 3.72. The molecule has 2 aromatic rings. The molecular weight excluding hydrogens is 250 g/mol. The summed E-state index contributed by atoms with van der Waals surface area (Å²) in [6.45, 7) is 2.18. The zero-order valence-corrected chi connectivity index (χ0v) is 12.3. The Bertz CT molecular complexity index is 530. The Morgan fingerprint density at radius 2 is 1.89 bits per heavy atom. The molecule has 1 aromatic carbocycles. The summed E-state index contributed by atoms with van der Waals surface area (Å²) < 4.78 is 0. The molecule has 0 saturated carbocycles. The van der Waals surface area contributed by atoms with Crippen molar-refractivity contribution in [2.24, 2.45) is 5.73 Å². The third kappa shape index (κ3) is 2.60. The molecule has 0 amide bonds. The van der Waals surface area contributed by atoms with Crippen molar-refractivity contribution in [1.29, 1.82) is 0 Å². The van der Waals surface area contributed by atoms with Crippen molar-refractivity contribution in [3.05, 3.63) is 56.8 Å². The van der Waals surface area contributed by atoms with Crippen molar-refractivity contribution in [2.75, 3.05) is 0 Å². The molecule has 1 aliphatic carbocycles. The highest BCUT2D eigenvalue weighted by Crippen LogP contribution is 2.34. The van der Waals surface area contributed by atoms with Gasteiger partial charge in [0, 0.05) is 9.75 Å². The molecule has 1 heterocycles. The summed E-state index contributed by atoms with van der Waals surface area (Å²) in [6, 6.07) is 11.1. The van der Waals surface area contributed by atoms with E-state index in [2.05, 4.69) is 37.3 Å². The lowest BCUT2D eigenvalue weighted by molar-refractivity contribution is 0.696. The molecule has 3 rings (SSSR count). The van der Waals surface area contributed by atoms with Crippen molar-refractivity contribution in [2.45, 2.75) is 45.1 Å². The quantitative estimate of drug-likeness (QED) is 0.888. The topological polar surface area (TPSA) is 26.0 Å². The van der Waals surface area contributed by atoms with E-state index in [1.165, 1.54) is 41.7 Å². The minimum atomic E-state index is 0.0431. The summed E-state index contributed by atoms with van der Waals surface area (Å²) in [6.07, 6.45) is 6.26. The Hall–Kier alpha value is -1.12. The van der Waals surface area contributed by atoms with Crippen molar-refractivity contribution in [1.82, 2.24) is 0 Å². The number of aryl methyl sites for hydroxylation is 3. The Morgan fingerprint density at radius 3 is 2.58 bits per heavy atom. The van der Waals surface area contributed by atoms with Gasteiger partial charge in [0.15, 0.2) is 0 Å². The number of hydrogen-bond acceptors (Lipinski definition) is 2. The number of thiophene rings is 1. The summed E-state index contributed by atoms with van der Waals surface area (Å²) in [5.41, 5.74) is 10.6. The van der Waals surface area contributed by atoms with E-state index >= 15 is 0 Å². The molecule has 0 bridgehead atoms. The Labute approximate surface area is 119 Å². The lowest BCUT2D eigenvalue weighted by atomic mass is 9.97. The van der Waals surface area contributed by atoms with Gasteiger partial charge in [-0.25, -0.2) is 0 Å². The maximum absolute atomic E-state index is 6.43. The van der Waals surface area contributed by atoms with E-state index in [1.54, 1.807) is 10.4 Å². The highest BCUT2D eigenvalue weighted by molar-refractivity contribution is 7.12. The van der Waals surface area contributed by atoms with Gasteiger partial charge in [0.1, 0.15) is 0 Å². The van der Waals surface area contributed by atoms with E-state index in [4.69, 9.17) is 5.73 Å². The fraction of sp³-hybridized carbons (Fsp3) is 0.412. The summed E-state index contributed by atoms with van der Waals surface area (Å²) in [5.74, 6) is 0. The van der Waals surface area contributed by atoms with Crippen LogP contribution in [-0.4, -0.2) is 0 Å². The maximum atomic E-state index is 6.43. The van der Waals surface area contributed by atoms with Crippen LogP contribution >= 0.6 is 11.3 Å². The number of benzene rings is 1. The molecule has 19 heavy (non-hydrogen) atoms. The molecule has 1 aliphatic rings. The molecule has 1 atom stereocenters. The van der Waals surface area contributed by atoms with E-state index in [9.17, 15) is 0 Å². The number of nitrogens with two attached hydrogens (primary N) is 1. The molecule has 0 radical (unpaired) electrons. The van der Waals surface area contributed by atoms with Gasteiger partial charge in [0.25, 0.3) is 0 Å². The van der Waals surface area contributed by atoms with Gasteiger partial charge in [-0.2, -0.15) is 0 Å². The number of hydrogen-bond donors (Lipinski definition) is 1. The third-order valence-corrected chi connectivity index (χ3v) is 5.39. The summed E-state index contributed by atoms with van der Waals surface area (Å²) >= 11 is 1.92. The van der Waals surface area contributed by atoms with Crippen molar-refractivity contribution in [3.8, 4) is 0 Å². The fourth-order valence-electron chi connectivity index (χ4n) is 2.79. The first-order chi connectivity index (χ1) is 9.28. The van der Waals surface area contributed by atoms with Gasteiger partial charge in [0.2, 0.25) is 0 Å². The van der Waals surface area contributed by atoms with Crippen molar-refractivity contribution < 1.29 is 0 Å². The minimum absolute atomic E-state index is 0.0431. The van der Waals surface area contributed by atoms with Crippen LogP contribution in [0.4, 0.5) is 0 Å². The van der Waals surface area contributed by atoms with Gasteiger partial charge in [-0.05, 0) is 54.9 Å². The van der Waals surface area contributed by atoms with Crippen molar-refractivity contribution >= 4 is 11.3 Å². The summed E-state index contributed by atoms with van der Waals surface area (Å²) in [4.78, 5) is 2.90. The predicted octanol–water partition coefficient (Wildman–Crippen LogP) is 4.24. The van der Waals surface area contributed by atoms with Crippen LogP contribution in [0.15, 0.2) is 30.3 Å². The Balaban J connectivity index is 1.85. The SMILES string of the molecule is CCc1ccc(C(N)c2cc3c(s2)CCCC3)cc1. The Morgan fingerprint density at radius 1 is 1.16 bits per heavy atom. The molecule has 0 saturated heterocycles. The number of fused-ring (bicyclic) bond motifs is 1. The van der Waals surface area contributed by atoms with Crippen LogP contribution in [-0.2, 0) is 19.3 Å². The van der Waals surface area contributed by atoms with Crippen LogP contribution in [0.25, 0.3) is 0 Å². The fourth-order valence-corrected chi connectivity index (χ4v) is 4.08. The molecule has 2 heteroatoms. The summed E-state index contributed by atoms with van der Waals surface area (Å²) in [5, 5.41) is 0. The molecule has 0 spiro atoms. The standard InChI is InChI=1S/C17H21NS/c1-2-12-7-9-13(10-8-12)17(18)16-11-14-5-3-4-6-15(14)19-16/h7-11,17H,2-6,18H2,1H3. The lowest BCUT2D eigenvalue weighted by Crippen LogP contribution is -2.10. The van der Waals surface area contributed by atoms with Crippen LogP contribution < -0.4 is 5.73 Å². The zero-order chi connectivity index (χ0) is 13.2. The second-order valence-electron chi connectivity index (χ2n) is 5.38. The first-order valence-corrected chi connectivity index (χ1v) is 8.05. The van der Waals surface area contributed by atoms with Gasteiger partial charge in [-0.1, -0.05) is 31.2 Å². The largest absolute Gasteiger partial charge is 0.320 e. The average Bonchev–Trinajstić information content (AvgIpc) is 2.90. The lowest BCUT2D eigenvalue weighted by Gasteiger charge is -2.10. The minimum Gasteiger partial charge on any atom is -0.320 e. The van der Waals surface area contributed by atoms with E-state index in [1.807, 2.05) is 11.3 Å². The maximum Gasteiger partial charge on any atom is 0.0646 e. The smallest absolute Gasteiger partial charge is 0.0646 e. The van der Waals surface area contributed by atoms with Crippen molar-refractivity contribution in [3.63, 3.8) is 0 Å². The molecule has 100 valence electrons. The van der Waals surface area contributed by atoms with Gasteiger partial charge in [-0.15, -0.1) is 11.3 Å². The van der Waals surface area contributed by atoms with Crippen LogP contribution in [0.1, 0.15) is 52.3 Å². The molecule has 1 nitrogen and oxygen atoms in total. The molecule has 0 fully saturated rings. The average molecular weight is 271 g/mol. The van der Waals surface area contributed by atoms with E-state index in [0.717, 1.165) is 6.42 Å². The van der Waals surface area contributed by atoms with Gasteiger partial charge < -0.3 is 5.73 Å². The van der Waals surface area contributed by atoms with Gasteiger partial charge in [-0.3, -0.25) is 0 Å². The van der Waals surface area contributed by atoms with E-state index in [0.29, 0.717) is 0 Å². The predicted molar refractivity (Wildman–Crippen MR) is 82.8 cm³/mol. The highest BCUT2D eigenvalue weighted by Gasteiger charge is 2.17. The molecule has 1 unspecified atom stereocenters. The second-order valence-corrected chi connectivity index (χ2v) is 6.55. The van der Waals surface area contributed by atoms with E-state index in [-0.39, 0.29) is 6.04 Å². The van der Waals surface area contributed by atoms with E-state index < -0.39 is 0 Å². The van der Waals surface area contributed by atoms with Crippen LogP contribution in [0.2, 0.25) is 0 Å². The van der Waals surface area contributed by atoms with Gasteiger partial charge in [0.05, 0.1) is 6.04 Å². The zero-order valence-electron chi connectivity index (χ0n) is 11.5. The monoisotopic (exact) mass is 271 g/mol. The number of rotatable bonds is 3. The highest BCUT2D eigenvalue weighted by atomic mass is 32.1. The molecule has 0 aliphatic heterocycles. The molecular formula is C17H21NS. The molecule has 2 N–H and O–H groups in total. The van der Waals surface area contributed by atoms with Crippen LogP contribution in [0, 0.1) is 0 Å². The third-order valence-electron chi connectivity index (χ3n) is 4.07. The van der Waals surface area contributed by atoms with Crippen LogP contribution in [0.3, 0.4) is 0 Å². The first-order valence-electron chi connectivity index (χ1n) is 7.24. The summed E-state index contributed by atoms with van der Waals surface area (Å²) in [7, 11) is 0. The normalized spacial score (nSPS) is 16.1. The second kappa shape index (κ2) is 5.48. The first kappa shape index (κ1) is 12.9. The molecule has 1 aromatic heterocycles. The van der Waals surface area contributed by atoms with Crippen LogP contribution in [0.5, 0.6) is 0 Å². The van der Waals surface area contributed by atoms with Gasteiger partial charge >= 0.3 is 0 Å².